The van der Waals surface area contributed by atoms with Gasteiger partial charge in [-0.05, 0) is 38.1 Å². The maximum Gasteiger partial charge on any atom is 0.0244 e. The minimum atomic E-state index is 0.710. The van der Waals surface area contributed by atoms with Gasteiger partial charge in [0.05, 0.1) is 0 Å². The second-order valence-electron chi connectivity index (χ2n) is 6.91. The van der Waals surface area contributed by atoms with Crippen LogP contribution in [-0.2, 0) is 0 Å². The molecular weight excluding hydrogens is 234 g/mol. The van der Waals surface area contributed by atoms with Gasteiger partial charge in [0, 0.05) is 44.8 Å². The molecule has 0 spiro atoms. The Morgan fingerprint density at radius 3 is 2.21 bits per heavy atom. The molecule has 1 N–H and O–H groups in total. The number of rotatable bonds is 7. The third-order valence-electron chi connectivity index (χ3n) is 5.00. The molecule has 3 nitrogen and oxygen atoms in total. The van der Waals surface area contributed by atoms with Crippen LogP contribution in [-0.4, -0.2) is 61.7 Å². The van der Waals surface area contributed by atoms with Gasteiger partial charge in [0.2, 0.25) is 0 Å². The predicted octanol–water partition coefficient (Wildman–Crippen LogP) is 2.04. The van der Waals surface area contributed by atoms with E-state index >= 15 is 0 Å². The van der Waals surface area contributed by atoms with Gasteiger partial charge in [-0.3, -0.25) is 4.90 Å². The third-order valence-corrected chi connectivity index (χ3v) is 5.00. The molecule has 2 rings (SSSR count). The molecule has 3 heteroatoms. The van der Waals surface area contributed by atoms with E-state index in [1.807, 2.05) is 0 Å². The van der Waals surface area contributed by atoms with Crippen molar-refractivity contribution in [1.29, 1.82) is 0 Å². The van der Waals surface area contributed by atoms with E-state index in [0.29, 0.717) is 6.04 Å². The molecule has 2 atom stereocenters. The largest absolute Gasteiger partial charge is 0.312 e. The van der Waals surface area contributed by atoms with Crippen LogP contribution in [0.15, 0.2) is 0 Å². The van der Waals surface area contributed by atoms with Crippen molar-refractivity contribution >= 4 is 0 Å². The minimum absolute atomic E-state index is 0.710. The van der Waals surface area contributed by atoms with E-state index in [1.165, 1.54) is 52.0 Å². The Labute approximate surface area is 119 Å². The Bertz CT molecular complexity index is 255. The maximum absolute atomic E-state index is 3.87. The average Bonchev–Trinajstić information content (AvgIpc) is 3.20. The lowest BCUT2D eigenvalue weighted by Gasteiger charge is -2.40. The highest BCUT2D eigenvalue weighted by molar-refractivity contribution is 4.88. The average molecular weight is 267 g/mol. The first-order chi connectivity index (χ1) is 9.11. The topological polar surface area (TPSA) is 18.5 Å². The highest BCUT2D eigenvalue weighted by Crippen LogP contribution is 2.34. The van der Waals surface area contributed by atoms with Gasteiger partial charge in [0.1, 0.15) is 0 Å². The van der Waals surface area contributed by atoms with Crippen molar-refractivity contribution in [3.05, 3.63) is 0 Å². The number of likely N-dealkylation sites (N-methyl/N-ethyl adjacent to an activating group) is 1. The molecule has 0 bridgehead atoms. The fourth-order valence-corrected chi connectivity index (χ4v) is 3.36. The van der Waals surface area contributed by atoms with Crippen LogP contribution in [0.25, 0.3) is 0 Å². The Kier molecular flexibility index (Phi) is 5.67. The summed E-state index contributed by atoms with van der Waals surface area (Å²) in [5, 5.41) is 3.87. The normalized spacial score (nSPS) is 25.7. The Morgan fingerprint density at radius 2 is 1.74 bits per heavy atom. The number of hydrogen-bond donors (Lipinski definition) is 1. The Hall–Kier alpha value is -0.120. The van der Waals surface area contributed by atoms with E-state index in [2.05, 4.69) is 42.9 Å². The number of nitrogens with zero attached hydrogens (tertiary/aromatic N) is 2. The molecule has 2 fully saturated rings. The van der Waals surface area contributed by atoms with Gasteiger partial charge in [-0.1, -0.05) is 20.8 Å². The molecule has 1 heterocycles. The van der Waals surface area contributed by atoms with Crippen molar-refractivity contribution in [2.45, 2.75) is 52.1 Å². The van der Waals surface area contributed by atoms with Crippen molar-refractivity contribution in [1.82, 2.24) is 15.1 Å². The molecule has 1 aliphatic carbocycles. The fraction of sp³-hybridized carbons (Fsp3) is 1.00. The highest BCUT2D eigenvalue weighted by atomic mass is 15.3. The van der Waals surface area contributed by atoms with Crippen molar-refractivity contribution in [3.8, 4) is 0 Å². The molecule has 1 aliphatic heterocycles. The van der Waals surface area contributed by atoms with E-state index in [9.17, 15) is 0 Å². The quantitative estimate of drug-likeness (QED) is 0.761. The Morgan fingerprint density at radius 1 is 1.11 bits per heavy atom. The fourth-order valence-electron chi connectivity index (χ4n) is 3.36. The second kappa shape index (κ2) is 7.05. The van der Waals surface area contributed by atoms with Crippen molar-refractivity contribution < 1.29 is 0 Å². The zero-order valence-electron chi connectivity index (χ0n) is 13.4. The number of nitrogens with one attached hydrogen (secondary N) is 1. The lowest BCUT2D eigenvalue weighted by Crippen LogP contribution is -2.54. The first kappa shape index (κ1) is 15.3. The van der Waals surface area contributed by atoms with Crippen LogP contribution in [0.1, 0.15) is 40.0 Å². The second-order valence-corrected chi connectivity index (χ2v) is 6.91. The SMILES string of the molecule is CCC(NCC(C(C)C)N1CCN(C)CC1)C1CC1. The monoisotopic (exact) mass is 267 g/mol. The molecule has 112 valence electrons. The van der Waals surface area contributed by atoms with Crippen molar-refractivity contribution in [2.75, 3.05) is 39.8 Å². The molecule has 1 saturated heterocycles. The molecule has 2 unspecified atom stereocenters. The molecule has 0 radical (unpaired) electrons. The summed E-state index contributed by atoms with van der Waals surface area (Å²) in [6.07, 6.45) is 4.19. The van der Waals surface area contributed by atoms with E-state index in [1.54, 1.807) is 0 Å². The summed E-state index contributed by atoms with van der Waals surface area (Å²) in [7, 11) is 2.24. The van der Waals surface area contributed by atoms with Gasteiger partial charge < -0.3 is 10.2 Å². The minimum Gasteiger partial charge on any atom is -0.312 e. The summed E-state index contributed by atoms with van der Waals surface area (Å²) in [6.45, 7) is 13.2. The molecule has 0 aromatic heterocycles. The smallest absolute Gasteiger partial charge is 0.0244 e. The summed E-state index contributed by atoms with van der Waals surface area (Å²) < 4.78 is 0. The molecular formula is C16H33N3. The van der Waals surface area contributed by atoms with Crippen molar-refractivity contribution in [2.24, 2.45) is 11.8 Å². The predicted molar refractivity (Wildman–Crippen MR) is 82.5 cm³/mol. The molecule has 0 aromatic carbocycles. The van der Waals surface area contributed by atoms with E-state index in [4.69, 9.17) is 0 Å². The molecule has 2 aliphatic rings. The highest BCUT2D eigenvalue weighted by Gasteiger charge is 2.31. The first-order valence-electron chi connectivity index (χ1n) is 8.27. The van der Waals surface area contributed by atoms with Gasteiger partial charge in [-0.2, -0.15) is 0 Å². The van der Waals surface area contributed by atoms with Crippen LogP contribution in [0, 0.1) is 11.8 Å². The van der Waals surface area contributed by atoms with E-state index in [0.717, 1.165) is 17.9 Å². The zero-order valence-corrected chi connectivity index (χ0v) is 13.4. The van der Waals surface area contributed by atoms with E-state index < -0.39 is 0 Å². The maximum atomic E-state index is 3.87. The van der Waals surface area contributed by atoms with E-state index in [-0.39, 0.29) is 0 Å². The zero-order chi connectivity index (χ0) is 13.8. The van der Waals surface area contributed by atoms with Crippen LogP contribution in [0.3, 0.4) is 0 Å². The van der Waals surface area contributed by atoms with Gasteiger partial charge in [-0.15, -0.1) is 0 Å². The van der Waals surface area contributed by atoms with Gasteiger partial charge in [-0.25, -0.2) is 0 Å². The standard InChI is InChI=1S/C16H33N3/c1-5-15(14-6-7-14)17-12-16(13(2)3)19-10-8-18(4)9-11-19/h13-17H,5-12H2,1-4H3. The molecule has 0 aromatic rings. The summed E-state index contributed by atoms with van der Waals surface area (Å²) in [5.74, 6) is 1.72. The van der Waals surface area contributed by atoms with Crippen LogP contribution in [0.2, 0.25) is 0 Å². The summed E-state index contributed by atoms with van der Waals surface area (Å²) >= 11 is 0. The first-order valence-corrected chi connectivity index (χ1v) is 8.27. The molecule has 19 heavy (non-hydrogen) atoms. The van der Waals surface area contributed by atoms with Gasteiger partial charge in [0.15, 0.2) is 0 Å². The van der Waals surface area contributed by atoms with Crippen molar-refractivity contribution in [3.63, 3.8) is 0 Å². The lowest BCUT2D eigenvalue weighted by molar-refractivity contribution is 0.0854. The number of hydrogen-bond acceptors (Lipinski definition) is 3. The number of piperazine rings is 1. The Balaban J connectivity index is 1.81. The van der Waals surface area contributed by atoms with Crippen LogP contribution in [0.5, 0.6) is 0 Å². The molecule has 1 saturated carbocycles. The molecule has 0 amide bonds. The van der Waals surface area contributed by atoms with Crippen LogP contribution >= 0.6 is 0 Å². The van der Waals surface area contributed by atoms with Crippen LogP contribution in [0.4, 0.5) is 0 Å². The summed E-state index contributed by atoms with van der Waals surface area (Å²) in [6, 6.07) is 1.48. The lowest BCUT2D eigenvalue weighted by atomic mass is 10.00. The third kappa shape index (κ3) is 4.44. The van der Waals surface area contributed by atoms with Crippen LogP contribution < -0.4 is 5.32 Å². The summed E-state index contributed by atoms with van der Waals surface area (Å²) in [5.41, 5.74) is 0. The van der Waals surface area contributed by atoms with Gasteiger partial charge >= 0.3 is 0 Å². The summed E-state index contributed by atoms with van der Waals surface area (Å²) in [4.78, 5) is 5.15. The van der Waals surface area contributed by atoms with Gasteiger partial charge in [0.25, 0.3) is 0 Å².